The first-order valence-electron chi connectivity index (χ1n) is 8.40. The molecule has 7 heteroatoms. The molecule has 0 unspecified atom stereocenters. The Kier molecular flexibility index (Phi) is 5.73. The molecule has 1 aliphatic heterocycles. The zero-order valence-corrected chi connectivity index (χ0v) is 16.0. The van der Waals surface area contributed by atoms with Gasteiger partial charge in [0.2, 0.25) is 5.91 Å². The van der Waals surface area contributed by atoms with Gasteiger partial charge in [0.05, 0.1) is 10.6 Å². The van der Waals surface area contributed by atoms with Gasteiger partial charge in [0.25, 0.3) is 5.91 Å². The zero-order chi connectivity index (χ0) is 19.6. The van der Waals surface area contributed by atoms with Crippen molar-refractivity contribution in [2.75, 3.05) is 26.2 Å². The van der Waals surface area contributed by atoms with E-state index in [1.165, 1.54) is 12.1 Å². The van der Waals surface area contributed by atoms with Gasteiger partial charge in [0.15, 0.2) is 0 Å². The van der Waals surface area contributed by atoms with Crippen LogP contribution in [0.2, 0.25) is 10.0 Å². The summed E-state index contributed by atoms with van der Waals surface area (Å²) in [5.41, 5.74) is 1.40. The maximum atomic E-state index is 12.9. The van der Waals surface area contributed by atoms with Crippen molar-refractivity contribution in [1.29, 1.82) is 0 Å². The lowest BCUT2D eigenvalue weighted by Gasteiger charge is -2.34. The third kappa shape index (κ3) is 3.94. The Hall–Kier alpha value is -2.50. The number of nitrogens with zero attached hydrogens (tertiary/aromatic N) is 2. The maximum absolute atomic E-state index is 12.9. The molecule has 1 saturated heterocycles. The lowest BCUT2D eigenvalue weighted by Crippen LogP contribution is -2.50. The van der Waals surface area contributed by atoms with E-state index in [4.69, 9.17) is 23.2 Å². The number of halogens is 2. The van der Waals surface area contributed by atoms with Crippen molar-refractivity contribution in [3.05, 3.63) is 64.7 Å². The van der Waals surface area contributed by atoms with Gasteiger partial charge in [-0.25, -0.2) is 0 Å². The van der Waals surface area contributed by atoms with E-state index in [0.717, 1.165) is 0 Å². The zero-order valence-electron chi connectivity index (χ0n) is 14.5. The Balaban J connectivity index is 1.88. The fourth-order valence-corrected chi connectivity index (χ4v) is 3.55. The quantitative estimate of drug-likeness (QED) is 0.790. The van der Waals surface area contributed by atoms with Gasteiger partial charge in [0.1, 0.15) is 5.75 Å². The Morgan fingerprint density at radius 3 is 2.22 bits per heavy atom. The summed E-state index contributed by atoms with van der Waals surface area (Å²) in [6.45, 7) is 5.07. The van der Waals surface area contributed by atoms with E-state index >= 15 is 0 Å². The van der Waals surface area contributed by atoms with Crippen molar-refractivity contribution < 1.29 is 14.7 Å². The average molecular weight is 405 g/mol. The molecule has 5 nitrogen and oxygen atoms in total. The molecular formula is C20H18Cl2N2O3. The summed E-state index contributed by atoms with van der Waals surface area (Å²) in [5.74, 6) is -0.661. The van der Waals surface area contributed by atoms with Crippen molar-refractivity contribution >= 4 is 35.0 Å². The van der Waals surface area contributed by atoms with Gasteiger partial charge in [-0.05, 0) is 24.3 Å². The fraction of sp³-hybridized carbons (Fsp3) is 0.200. The lowest BCUT2D eigenvalue weighted by atomic mass is 10.0. The number of phenolic OH excluding ortho intramolecular Hbond substituents is 1. The lowest BCUT2D eigenvalue weighted by molar-refractivity contribution is -0.127. The van der Waals surface area contributed by atoms with E-state index in [2.05, 4.69) is 6.58 Å². The average Bonchev–Trinajstić information content (AvgIpc) is 2.68. The highest BCUT2D eigenvalue weighted by Gasteiger charge is 2.26. The van der Waals surface area contributed by atoms with E-state index < -0.39 is 0 Å². The second kappa shape index (κ2) is 8.03. The second-order valence-electron chi connectivity index (χ2n) is 6.15. The van der Waals surface area contributed by atoms with Crippen molar-refractivity contribution in [3.63, 3.8) is 0 Å². The number of piperazine rings is 1. The summed E-state index contributed by atoms with van der Waals surface area (Å²) < 4.78 is 0. The van der Waals surface area contributed by atoms with Crippen LogP contribution in [0.25, 0.3) is 11.1 Å². The molecule has 2 aromatic rings. The highest BCUT2D eigenvalue weighted by Crippen LogP contribution is 2.37. The number of phenols is 1. The molecule has 0 spiro atoms. The van der Waals surface area contributed by atoms with Crippen LogP contribution in [-0.4, -0.2) is 52.9 Å². The van der Waals surface area contributed by atoms with Crippen molar-refractivity contribution in [2.45, 2.75) is 0 Å². The number of aromatic hydroxyl groups is 1. The predicted molar refractivity (Wildman–Crippen MR) is 106 cm³/mol. The summed E-state index contributed by atoms with van der Waals surface area (Å²) in [4.78, 5) is 27.8. The molecule has 0 aliphatic carbocycles. The second-order valence-corrected chi connectivity index (χ2v) is 6.97. The molecule has 0 aromatic heterocycles. The molecule has 0 bridgehead atoms. The van der Waals surface area contributed by atoms with Crippen LogP contribution in [0.15, 0.2) is 49.1 Å². The standard InChI is InChI=1S/C20H18Cl2N2O3/c1-2-19(26)23-7-9-24(10-8-23)20(27)15-11-14(17(22)12-18(15)25)13-5-3-4-6-16(13)21/h2-6,11-12,25H,1,7-10H2. The molecule has 0 radical (unpaired) electrons. The third-order valence-electron chi connectivity index (χ3n) is 4.53. The molecule has 1 fully saturated rings. The van der Waals surface area contributed by atoms with Crippen LogP contribution < -0.4 is 0 Å². The minimum atomic E-state index is -0.317. The van der Waals surface area contributed by atoms with Gasteiger partial charge in [-0.1, -0.05) is 48.0 Å². The van der Waals surface area contributed by atoms with E-state index in [0.29, 0.717) is 47.4 Å². The van der Waals surface area contributed by atoms with Crippen LogP contribution in [0.1, 0.15) is 10.4 Å². The van der Waals surface area contributed by atoms with Gasteiger partial charge >= 0.3 is 0 Å². The van der Waals surface area contributed by atoms with Crippen LogP contribution in [0, 0.1) is 0 Å². The van der Waals surface area contributed by atoms with E-state index in [9.17, 15) is 14.7 Å². The first-order chi connectivity index (χ1) is 12.9. The molecule has 2 amide bonds. The van der Waals surface area contributed by atoms with E-state index in [1.54, 1.807) is 34.1 Å². The molecule has 0 saturated carbocycles. The van der Waals surface area contributed by atoms with Crippen LogP contribution in [-0.2, 0) is 4.79 Å². The minimum Gasteiger partial charge on any atom is -0.507 e. The number of amides is 2. The van der Waals surface area contributed by atoms with E-state index in [-0.39, 0.29) is 23.1 Å². The summed E-state index contributed by atoms with van der Waals surface area (Å²) >= 11 is 12.5. The largest absolute Gasteiger partial charge is 0.507 e. The molecule has 140 valence electrons. The van der Waals surface area contributed by atoms with Gasteiger partial charge in [-0.2, -0.15) is 0 Å². The molecule has 27 heavy (non-hydrogen) atoms. The van der Waals surface area contributed by atoms with Gasteiger partial charge in [-0.15, -0.1) is 0 Å². The molecular weight excluding hydrogens is 387 g/mol. The number of benzene rings is 2. The molecule has 3 rings (SSSR count). The SMILES string of the molecule is C=CC(=O)N1CCN(C(=O)c2cc(-c3ccccc3Cl)c(Cl)cc2O)CC1. The van der Waals surface area contributed by atoms with Gasteiger partial charge in [-0.3, -0.25) is 9.59 Å². The summed E-state index contributed by atoms with van der Waals surface area (Å²) in [6, 6.07) is 10.1. The highest BCUT2D eigenvalue weighted by molar-refractivity contribution is 6.36. The number of hydrogen-bond donors (Lipinski definition) is 1. The number of hydrogen-bond acceptors (Lipinski definition) is 3. The Morgan fingerprint density at radius 1 is 0.963 bits per heavy atom. The number of carbonyl (C=O) groups is 2. The Labute approximate surface area is 167 Å². The third-order valence-corrected chi connectivity index (χ3v) is 5.18. The Bertz CT molecular complexity index is 906. The first-order valence-corrected chi connectivity index (χ1v) is 9.16. The summed E-state index contributed by atoms with van der Waals surface area (Å²) in [5, 5.41) is 11.1. The number of carbonyl (C=O) groups excluding carboxylic acids is 2. The van der Waals surface area contributed by atoms with Crippen LogP contribution >= 0.6 is 23.2 Å². The monoisotopic (exact) mass is 404 g/mol. The van der Waals surface area contributed by atoms with Crippen molar-refractivity contribution in [2.24, 2.45) is 0 Å². The topological polar surface area (TPSA) is 60.9 Å². The predicted octanol–water partition coefficient (Wildman–Crippen LogP) is 3.84. The van der Waals surface area contributed by atoms with Crippen molar-refractivity contribution in [1.82, 2.24) is 9.80 Å². The van der Waals surface area contributed by atoms with Crippen LogP contribution in [0.4, 0.5) is 0 Å². The Morgan fingerprint density at radius 2 is 1.59 bits per heavy atom. The van der Waals surface area contributed by atoms with Gasteiger partial charge in [0, 0.05) is 42.3 Å². The minimum absolute atomic E-state index is 0.151. The molecule has 0 atom stereocenters. The first kappa shape index (κ1) is 19.3. The highest BCUT2D eigenvalue weighted by atomic mass is 35.5. The van der Waals surface area contributed by atoms with Crippen LogP contribution in [0.3, 0.4) is 0 Å². The summed E-state index contributed by atoms with van der Waals surface area (Å²) in [7, 11) is 0. The maximum Gasteiger partial charge on any atom is 0.257 e. The molecule has 1 aliphatic rings. The van der Waals surface area contributed by atoms with Gasteiger partial charge < -0.3 is 14.9 Å². The normalized spacial score (nSPS) is 14.1. The summed E-state index contributed by atoms with van der Waals surface area (Å²) in [6.07, 6.45) is 1.26. The molecule has 1 N–H and O–H groups in total. The number of rotatable bonds is 3. The van der Waals surface area contributed by atoms with E-state index in [1.807, 2.05) is 6.07 Å². The fourth-order valence-electron chi connectivity index (χ4n) is 3.05. The van der Waals surface area contributed by atoms with Crippen molar-refractivity contribution in [3.8, 4) is 16.9 Å². The smallest absolute Gasteiger partial charge is 0.257 e. The molecule has 2 aromatic carbocycles. The molecule has 1 heterocycles. The van der Waals surface area contributed by atoms with Crippen LogP contribution in [0.5, 0.6) is 5.75 Å².